The van der Waals surface area contributed by atoms with Gasteiger partial charge in [0.05, 0.1) is 16.0 Å². The average molecular weight is 358 g/mol. The third kappa shape index (κ3) is 3.29. The van der Waals surface area contributed by atoms with E-state index in [4.69, 9.17) is 0 Å². The van der Waals surface area contributed by atoms with E-state index in [0.717, 1.165) is 11.2 Å². The molecule has 7 nitrogen and oxygen atoms in total. The molecular weight excluding hydrogens is 344 g/mol. The molecule has 0 radical (unpaired) electrons. The van der Waals surface area contributed by atoms with Gasteiger partial charge in [-0.1, -0.05) is 18.2 Å². The molecule has 0 saturated heterocycles. The minimum absolute atomic E-state index is 0.0611. The number of hydrogen-bond acceptors (Lipinski definition) is 5. The van der Waals surface area contributed by atoms with Crippen molar-refractivity contribution in [2.24, 2.45) is 0 Å². The van der Waals surface area contributed by atoms with E-state index < -0.39 is 34.1 Å². The minimum atomic E-state index is -3.41. The summed E-state index contributed by atoms with van der Waals surface area (Å²) < 4.78 is 23.1. The predicted molar refractivity (Wildman–Crippen MR) is 90.0 cm³/mol. The monoisotopic (exact) mass is 358 g/mol. The molecular formula is C17H14N2O5S. The van der Waals surface area contributed by atoms with E-state index in [1.807, 2.05) is 0 Å². The average Bonchev–Trinajstić information content (AvgIpc) is 2.80. The summed E-state index contributed by atoms with van der Waals surface area (Å²) >= 11 is 0. The second kappa shape index (κ2) is 6.14. The summed E-state index contributed by atoms with van der Waals surface area (Å²) in [6.45, 7) is -0.449. The lowest BCUT2D eigenvalue weighted by atomic mass is 10.1. The van der Waals surface area contributed by atoms with Crippen LogP contribution in [0.15, 0.2) is 53.4 Å². The van der Waals surface area contributed by atoms with Crippen LogP contribution in [0.4, 0.5) is 5.69 Å². The van der Waals surface area contributed by atoms with Crippen LogP contribution in [0, 0.1) is 0 Å². The van der Waals surface area contributed by atoms with Gasteiger partial charge in [0.2, 0.25) is 5.91 Å². The standard InChI is InChI=1S/C17H14N2O5S/c1-25(23,24)12-6-4-5-11(9-12)18-15(20)10-19-16(21)13-7-2-3-8-14(13)17(19)22/h2-9H,10H2,1H3,(H,18,20). The normalized spacial score (nSPS) is 13.7. The van der Waals surface area contributed by atoms with E-state index in [9.17, 15) is 22.8 Å². The van der Waals surface area contributed by atoms with Gasteiger partial charge in [0, 0.05) is 11.9 Å². The first-order valence-electron chi connectivity index (χ1n) is 7.32. The maximum Gasteiger partial charge on any atom is 0.262 e. The number of anilines is 1. The predicted octanol–water partition coefficient (Wildman–Crippen LogP) is 1.32. The van der Waals surface area contributed by atoms with Crippen molar-refractivity contribution in [3.8, 4) is 0 Å². The van der Waals surface area contributed by atoms with Gasteiger partial charge in [0.1, 0.15) is 6.54 Å². The molecule has 0 fully saturated rings. The molecule has 3 rings (SSSR count). The lowest BCUT2D eigenvalue weighted by Gasteiger charge is -2.14. The molecule has 8 heteroatoms. The van der Waals surface area contributed by atoms with Crippen molar-refractivity contribution in [1.82, 2.24) is 4.90 Å². The van der Waals surface area contributed by atoms with E-state index >= 15 is 0 Å². The van der Waals surface area contributed by atoms with Crippen LogP contribution in [0.2, 0.25) is 0 Å². The van der Waals surface area contributed by atoms with Crippen LogP contribution in [0.5, 0.6) is 0 Å². The summed E-state index contributed by atoms with van der Waals surface area (Å²) in [7, 11) is -3.41. The molecule has 0 aliphatic carbocycles. The first kappa shape index (κ1) is 16.8. The van der Waals surface area contributed by atoms with Gasteiger partial charge in [-0.2, -0.15) is 0 Å². The molecule has 0 atom stereocenters. The van der Waals surface area contributed by atoms with E-state index in [-0.39, 0.29) is 21.7 Å². The number of nitrogens with one attached hydrogen (secondary N) is 1. The number of hydrogen-bond donors (Lipinski definition) is 1. The molecule has 1 N–H and O–H groups in total. The van der Waals surface area contributed by atoms with Crippen LogP contribution < -0.4 is 5.32 Å². The second-order valence-electron chi connectivity index (χ2n) is 5.59. The Balaban J connectivity index is 1.74. The SMILES string of the molecule is CS(=O)(=O)c1cccc(NC(=O)CN2C(=O)c3ccccc3C2=O)c1. The van der Waals surface area contributed by atoms with E-state index in [2.05, 4.69) is 5.32 Å². The van der Waals surface area contributed by atoms with Crippen LogP contribution in [0.25, 0.3) is 0 Å². The summed E-state index contributed by atoms with van der Waals surface area (Å²) in [5, 5.41) is 2.50. The Morgan fingerprint density at radius 1 is 1.00 bits per heavy atom. The van der Waals surface area contributed by atoms with Gasteiger partial charge in [-0.3, -0.25) is 19.3 Å². The van der Waals surface area contributed by atoms with Crippen molar-refractivity contribution < 1.29 is 22.8 Å². The molecule has 0 unspecified atom stereocenters. The molecule has 0 spiro atoms. The van der Waals surface area contributed by atoms with Crippen molar-refractivity contribution in [2.75, 3.05) is 18.1 Å². The minimum Gasteiger partial charge on any atom is -0.324 e. The van der Waals surface area contributed by atoms with Gasteiger partial charge in [-0.25, -0.2) is 8.42 Å². The maximum atomic E-state index is 12.2. The van der Waals surface area contributed by atoms with Crippen molar-refractivity contribution in [2.45, 2.75) is 4.90 Å². The molecule has 0 bridgehead atoms. The zero-order valence-corrected chi connectivity index (χ0v) is 14.0. The summed E-state index contributed by atoms with van der Waals surface area (Å²) in [5.41, 5.74) is 0.795. The van der Waals surface area contributed by atoms with Gasteiger partial charge < -0.3 is 5.32 Å². The van der Waals surface area contributed by atoms with E-state index in [1.54, 1.807) is 12.1 Å². The first-order valence-corrected chi connectivity index (χ1v) is 9.22. The molecule has 1 aliphatic rings. The number of nitrogens with zero attached hydrogens (tertiary/aromatic N) is 1. The Morgan fingerprint density at radius 3 is 2.16 bits per heavy atom. The highest BCUT2D eigenvalue weighted by Gasteiger charge is 2.36. The zero-order chi connectivity index (χ0) is 18.2. The van der Waals surface area contributed by atoms with E-state index in [0.29, 0.717) is 0 Å². The zero-order valence-electron chi connectivity index (χ0n) is 13.2. The smallest absolute Gasteiger partial charge is 0.262 e. The maximum absolute atomic E-state index is 12.2. The number of rotatable bonds is 4. The van der Waals surface area contributed by atoms with E-state index in [1.165, 1.54) is 36.4 Å². The largest absolute Gasteiger partial charge is 0.324 e. The lowest BCUT2D eigenvalue weighted by molar-refractivity contribution is -0.116. The van der Waals surface area contributed by atoms with Gasteiger partial charge in [-0.15, -0.1) is 0 Å². The summed E-state index contributed by atoms with van der Waals surface area (Å²) in [5.74, 6) is -1.65. The highest BCUT2D eigenvalue weighted by molar-refractivity contribution is 7.90. The Hall–Kier alpha value is -3.00. The number of carbonyl (C=O) groups excluding carboxylic acids is 3. The summed E-state index contributed by atoms with van der Waals surface area (Å²) in [4.78, 5) is 37.5. The van der Waals surface area contributed by atoms with Crippen molar-refractivity contribution >= 4 is 33.2 Å². The number of benzene rings is 2. The van der Waals surface area contributed by atoms with Gasteiger partial charge >= 0.3 is 0 Å². The highest BCUT2D eigenvalue weighted by Crippen LogP contribution is 2.22. The molecule has 0 aromatic heterocycles. The molecule has 25 heavy (non-hydrogen) atoms. The fourth-order valence-corrected chi connectivity index (χ4v) is 3.20. The Kier molecular flexibility index (Phi) is 4.13. The van der Waals surface area contributed by atoms with Gasteiger partial charge in [0.15, 0.2) is 9.84 Å². The molecule has 128 valence electrons. The Labute approximate surface area is 144 Å². The van der Waals surface area contributed by atoms with Crippen LogP contribution in [-0.2, 0) is 14.6 Å². The number of amides is 3. The Morgan fingerprint density at radius 2 is 1.60 bits per heavy atom. The van der Waals surface area contributed by atoms with Crippen molar-refractivity contribution in [3.05, 3.63) is 59.7 Å². The molecule has 1 heterocycles. The van der Waals surface area contributed by atoms with Crippen molar-refractivity contribution in [3.63, 3.8) is 0 Å². The number of carbonyl (C=O) groups is 3. The molecule has 2 aromatic rings. The first-order chi connectivity index (χ1) is 11.8. The number of imide groups is 1. The number of fused-ring (bicyclic) bond motifs is 1. The van der Waals surface area contributed by atoms with Crippen molar-refractivity contribution in [1.29, 1.82) is 0 Å². The molecule has 1 aliphatic heterocycles. The Bertz CT molecular complexity index is 963. The molecule has 0 saturated carbocycles. The quantitative estimate of drug-likeness (QED) is 0.831. The molecule has 3 amide bonds. The third-order valence-electron chi connectivity index (χ3n) is 3.73. The summed E-state index contributed by atoms with van der Waals surface area (Å²) in [6, 6.07) is 12.1. The highest BCUT2D eigenvalue weighted by atomic mass is 32.2. The second-order valence-corrected chi connectivity index (χ2v) is 7.61. The molecule has 2 aromatic carbocycles. The topological polar surface area (TPSA) is 101 Å². The lowest BCUT2D eigenvalue weighted by Crippen LogP contribution is -2.37. The number of sulfone groups is 1. The van der Waals surface area contributed by atoms with Crippen LogP contribution in [0.1, 0.15) is 20.7 Å². The fraction of sp³-hybridized carbons (Fsp3) is 0.118. The van der Waals surface area contributed by atoms with Gasteiger partial charge in [0.25, 0.3) is 11.8 Å². The summed E-state index contributed by atoms with van der Waals surface area (Å²) in [6.07, 6.45) is 1.06. The van der Waals surface area contributed by atoms with Crippen LogP contribution in [0.3, 0.4) is 0 Å². The van der Waals surface area contributed by atoms with Gasteiger partial charge in [-0.05, 0) is 30.3 Å². The fourth-order valence-electron chi connectivity index (χ4n) is 2.53. The third-order valence-corrected chi connectivity index (χ3v) is 4.84. The van der Waals surface area contributed by atoms with Crippen LogP contribution >= 0.6 is 0 Å². The van der Waals surface area contributed by atoms with Crippen LogP contribution in [-0.4, -0.2) is 43.8 Å².